The van der Waals surface area contributed by atoms with E-state index < -0.39 is 5.69 Å². The first kappa shape index (κ1) is 12.0. The molecule has 1 aromatic rings. The molecule has 1 N–H and O–H groups in total. The van der Waals surface area contributed by atoms with E-state index in [0.717, 1.165) is 6.42 Å². The zero-order valence-electron chi connectivity index (χ0n) is 9.08. The molecular weight excluding hydrogens is 216 g/mol. The van der Waals surface area contributed by atoms with Crippen molar-refractivity contribution in [1.29, 1.82) is 0 Å². The Kier molecular flexibility index (Phi) is 3.74. The van der Waals surface area contributed by atoms with Crippen LogP contribution in [0.25, 0.3) is 0 Å². The first-order chi connectivity index (χ1) is 6.97. The van der Waals surface area contributed by atoms with E-state index in [2.05, 4.69) is 4.98 Å². The molecule has 0 bridgehead atoms. The SMILES string of the molecule is CCC(C)C(C)n1c(=O)cc(Cl)[nH]c1=O. The topological polar surface area (TPSA) is 54.9 Å². The zero-order valence-corrected chi connectivity index (χ0v) is 9.84. The summed E-state index contributed by atoms with van der Waals surface area (Å²) in [7, 11) is 0. The van der Waals surface area contributed by atoms with Gasteiger partial charge in [0.25, 0.3) is 5.56 Å². The highest BCUT2D eigenvalue weighted by Crippen LogP contribution is 2.16. The molecule has 2 unspecified atom stereocenters. The number of aromatic amines is 1. The lowest BCUT2D eigenvalue weighted by Crippen LogP contribution is -2.38. The smallest absolute Gasteiger partial charge is 0.298 e. The highest BCUT2D eigenvalue weighted by Gasteiger charge is 2.16. The quantitative estimate of drug-likeness (QED) is 0.805. The van der Waals surface area contributed by atoms with E-state index >= 15 is 0 Å². The Morgan fingerprint density at radius 2 is 2.07 bits per heavy atom. The van der Waals surface area contributed by atoms with E-state index in [-0.39, 0.29) is 22.7 Å². The van der Waals surface area contributed by atoms with E-state index in [1.165, 1.54) is 10.6 Å². The Balaban J connectivity index is 3.26. The maximum atomic E-state index is 11.6. The van der Waals surface area contributed by atoms with Crippen LogP contribution in [0.15, 0.2) is 15.7 Å². The Bertz CT molecular complexity index is 418. The molecule has 0 saturated heterocycles. The minimum absolute atomic E-state index is 0.0811. The van der Waals surface area contributed by atoms with Gasteiger partial charge in [-0.3, -0.25) is 14.3 Å². The molecule has 84 valence electrons. The Morgan fingerprint density at radius 1 is 1.47 bits per heavy atom. The Morgan fingerprint density at radius 3 is 2.53 bits per heavy atom. The third kappa shape index (κ3) is 2.50. The van der Waals surface area contributed by atoms with Gasteiger partial charge in [0.1, 0.15) is 5.15 Å². The summed E-state index contributed by atoms with van der Waals surface area (Å²) in [5.41, 5.74) is -0.795. The largest absolute Gasteiger partial charge is 0.329 e. The normalized spacial score (nSPS) is 14.9. The van der Waals surface area contributed by atoms with Crippen molar-refractivity contribution in [2.24, 2.45) is 5.92 Å². The summed E-state index contributed by atoms with van der Waals surface area (Å²) < 4.78 is 1.21. The van der Waals surface area contributed by atoms with Crippen LogP contribution < -0.4 is 11.2 Å². The van der Waals surface area contributed by atoms with Gasteiger partial charge >= 0.3 is 5.69 Å². The highest BCUT2D eigenvalue weighted by atomic mass is 35.5. The molecule has 15 heavy (non-hydrogen) atoms. The summed E-state index contributed by atoms with van der Waals surface area (Å²) in [4.78, 5) is 25.5. The lowest BCUT2D eigenvalue weighted by Gasteiger charge is -2.19. The van der Waals surface area contributed by atoms with Gasteiger partial charge in [-0.25, -0.2) is 4.79 Å². The second kappa shape index (κ2) is 4.66. The third-order valence-electron chi connectivity index (χ3n) is 2.81. The van der Waals surface area contributed by atoms with Crippen molar-refractivity contribution < 1.29 is 0 Å². The van der Waals surface area contributed by atoms with Crippen molar-refractivity contribution in [3.8, 4) is 0 Å². The van der Waals surface area contributed by atoms with Crippen LogP contribution in [0.3, 0.4) is 0 Å². The maximum absolute atomic E-state index is 11.6. The number of H-pyrrole nitrogens is 1. The van der Waals surface area contributed by atoms with E-state index in [4.69, 9.17) is 11.6 Å². The van der Waals surface area contributed by atoms with Crippen molar-refractivity contribution in [3.05, 3.63) is 32.1 Å². The van der Waals surface area contributed by atoms with Gasteiger partial charge in [-0.2, -0.15) is 0 Å². The molecule has 0 aliphatic carbocycles. The van der Waals surface area contributed by atoms with Gasteiger partial charge < -0.3 is 0 Å². The summed E-state index contributed by atoms with van der Waals surface area (Å²) in [6, 6.07) is 1.10. The molecule has 0 aliphatic heterocycles. The van der Waals surface area contributed by atoms with Crippen LogP contribution in [-0.2, 0) is 0 Å². The van der Waals surface area contributed by atoms with E-state index in [9.17, 15) is 9.59 Å². The van der Waals surface area contributed by atoms with Crippen LogP contribution in [-0.4, -0.2) is 9.55 Å². The molecule has 5 heteroatoms. The van der Waals surface area contributed by atoms with Gasteiger partial charge in [-0.1, -0.05) is 31.9 Å². The minimum Gasteiger partial charge on any atom is -0.298 e. The molecule has 0 aromatic carbocycles. The summed E-state index contributed by atoms with van der Waals surface area (Å²) in [6.45, 7) is 5.89. The molecule has 2 atom stereocenters. The number of nitrogens with zero attached hydrogens (tertiary/aromatic N) is 1. The number of nitrogens with one attached hydrogen (secondary N) is 1. The van der Waals surface area contributed by atoms with Gasteiger partial charge in [0, 0.05) is 12.1 Å². The Labute approximate surface area is 92.9 Å². The van der Waals surface area contributed by atoms with Crippen LogP contribution >= 0.6 is 11.6 Å². The zero-order chi connectivity index (χ0) is 11.6. The molecule has 0 amide bonds. The van der Waals surface area contributed by atoms with E-state index in [0.29, 0.717) is 0 Å². The van der Waals surface area contributed by atoms with Crippen molar-refractivity contribution in [2.45, 2.75) is 33.2 Å². The van der Waals surface area contributed by atoms with Crippen LogP contribution in [0.5, 0.6) is 0 Å². The van der Waals surface area contributed by atoms with E-state index in [1.54, 1.807) is 0 Å². The average Bonchev–Trinajstić information content (AvgIpc) is 2.14. The number of halogens is 1. The molecule has 1 aromatic heterocycles. The molecule has 0 spiro atoms. The fourth-order valence-corrected chi connectivity index (χ4v) is 1.63. The third-order valence-corrected chi connectivity index (χ3v) is 3.01. The van der Waals surface area contributed by atoms with Crippen LogP contribution in [0.4, 0.5) is 0 Å². The monoisotopic (exact) mass is 230 g/mol. The predicted octanol–water partition coefficient (Wildman–Crippen LogP) is 1.80. The summed E-state index contributed by atoms with van der Waals surface area (Å²) >= 11 is 5.57. The van der Waals surface area contributed by atoms with Crippen molar-refractivity contribution >= 4 is 11.6 Å². The molecule has 0 fully saturated rings. The average molecular weight is 231 g/mol. The number of hydrogen-bond donors (Lipinski definition) is 1. The molecule has 1 rings (SSSR count). The van der Waals surface area contributed by atoms with Crippen LogP contribution in [0, 0.1) is 5.92 Å². The molecule has 4 nitrogen and oxygen atoms in total. The maximum Gasteiger partial charge on any atom is 0.329 e. The standard InChI is InChI=1S/C10H15ClN2O2/c1-4-6(2)7(3)13-9(14)5-8(11)12-10(13)15/h5-7H,4H2,1-3H3,(H,12,15). The second-order valence-corrected chi connectivity index (χ2v) is 4.16. The van der Waals surface area contributed by atoms with Gasteiger partial charge in [-0.05, 0) is 12.8 Å². The number of aromatic nitrogens is 2. The summed E-state index contributed by atoms with van der Waals surface area (Å²) in [5.74, 6) is 0.268. The van der Waals surface area contributed by atoms with Crippen molar-refractivity contribution in [1.82, 2.24) is 9.55 Å². The number of hydrogen-bond acceptors (Lipinski definition) is 2. The highest BCUT2D eigenvalue weighted by molar-refractivity contribution is 6.29. The van der Waals surface area contributed by atoms with Gasteiger partial charge in [0.15, 0.2) is 0 Å². The van der Waals surface area contributed by atoms with Gasteiger partial charge in [0.2, 0.25) is 0 Å². The van der Waals surface area contributed by atoms with Gasteiger partial charge in [0.05, 0.1) is 0 Å². The second-order valence-electron chi connectivity index (χ2n) is 3.76. The molecule has 0 radical (unpaired) electrons. The van der Waals surface area contributed by atoms with Crippen LogP contribution in [0.1, 0.15) is 33.2 Å². The van der Waals surface area contributed by atoms with Crippen molar-refractivity contribution in [2.75, 3.05) is 0 Å². The fourth-order valence-electron chi connectivity index (χ4n) is 1.46. The number of rotatable bonds is 3. The Hall–Kier alpha value is -1.03. The summed E-state index contributed by atoms with van der Waals surface area (Å²) in [5, 5.41) is 0.0811. The molecular formula is C10H15ClN2O2. The molecule has 0 aliphatic rings. The fraction of sp³-hybridized carbons (Fsp3) is 0.600. The van der Waals surface area contributed by atoms with Gasteiger partial charge in [-0.15, -0.1) is 0 Å². The minimum atomic E-state index is -0.444. The van der Waals surface area contributed by atoms with Crippen LogP contribution in [0.2, 0.25) is 5.15 Å². The molecule has 1 heterocycles. The molecule has 0 saturated carbocycles. The predicted molar refractivity (Wildman–Crippen MR) is 60.5 cm³/mol. The first-order valence-electron chi connectivity index (χ1n) is 4.98. The lowest BCUT2D eigenvalue weighted by atomic mass is 10.0. The first-order valence-corrected chi connectivity index (χ1v) is 5.36. The lowest BCUT2D eigenvalue weighted by molar-refractivity contribution is 0.351. The summed E-state index contributed by atoms with van der Waals surface area (Å²) in [6.07, 6.45) is 0.912. The van der Waals surface area contributed by atoms with Crippen molar-refractivity contribution in [3.63, 3.8) is 0 Å². The van der Waals surface area contributed by atoms with E-state index in [1.807, 2.05) is 20.8 Å².